The van der Waals surface area contributed by atoms with Crippen molar-refractivity contribution in [2.24, 2.45) is 0 Å². The molecule has 1 atom stereocenters. The maximum Gasteiger partial charge on any atom is 0.119 e. The first-order valence-electron chi connectivity index (χ1n) is 6.74. The summed E-state index contributed by atoms with van der Waals surface area (Å²) in [6.07, 6.45) is 1.06. The summed E-state index contributed by atoms with van der Waals surface area (Å²) in [6.45, 7) is 7.12. The summed E-state index contributed by atoms with van der Waals surface area (Å²) in [5, 5.41) is 3.41. The summed E-state index contributed by atoms with van der Waals surface area (Å²) < 4.78 is 5.77. The topological polar surface area (TPSA) is 24.5 Å². The van der Waals surface area contributed by atoms with Crippen molar-refractivity contribution < 1.29 is 4.74 Å². The lowest BCUT2D eigenvalue weighted by molar-refractivity contribution is 0.281. The molecule has 1 N–H and O–H groups in total. The molecule has 0 spiro atoms. The normalized spacial score (nSPS) is 12.7. The zero-order valence-electron chi connectivity index (χ0n) is 12.1. The maximum atomic E-state index is 5.77. The van der Waals surface area contributed by atoms with Gasteiger partial charge in [-0.1, -0.05) is 19.1 Å². The van der Waals surface area contributed by atoms with Crippen LogP contribution in [0.5, 0.6) is 5.75 Å². The van der Waals surface area contributed by atoms with Crippen LogP contribution >= 0.6 is 0 Å². The van der Waals surface area contributed by atoms with Gasteiger partial charge in [0.05, 0.1) is 6.61 Å². The Morgan fingerprint density at radius 1 is 1.33 bits per heavy atom. The fourth-order valence-corrected chi connectivity index (χ4v) is 1.87. The summed E-state index contributed by atoms with van der Waals surface area (Å²) in [6, 6.07) is 8.73. The highest BCUT2D eigenvalue weighted by Crippen LogP contribution is 2.19. The van der Waals surface area contributed by atoms with Crippen LogP contribution in [0.1, 0.15) is 31.9 Å². The van der Waals surface area contributed by atoms with Crippen molar-refractivity contribution in [1.82, 2.24) is 10.2 Å². The molecule has 1 unspecified atom stereocenters. The Morgan fingerprint density at radius 3 is 2.78 bits per heavy atom. The van der Waals surface area contributed by atoms with E-state index < -0.39 is 0 Å². The molecule has 0 saturated heterocycles. The van der Waals surface area contributed by atoms with Crippen molar-refractivity contribution >= 4 is 0 Å². The fraction of sp³-hybridized carbons (Fsp3) is 0.600. The van der Waals surface area contributed by atoms with E-state index in [2.05, 4.69) is 56.4 Å². The molecule has 1 aromatic carbocycles. The van der Waals surface area contributed by atoms with Crippen molar-refractivity contribution in [1.29, 1.82) is 0 Å². The maximum absolute atomic E-state index is 5.77. The van der Waals surface area contributed by atoms with E-state index in [9.17, 15) is 0 Å². The quantitative estimate of drug-likeness (QED) is 0.718. The van der Waals surface area contributed by atoms with Crippen LogP contribution in [-0.2, 0) is 0 Å². The lowest BCUT2D eigenvalue weighted by atomic mass is 10.1. The Balaban J connectivity index is 2.44. The molecule has 0 aliphatic rings. The van der Waals surface area contributed by atoms with E-state index in [1.165, 1.54) is 5.56 Å². The van der Waals surface area contributed by atoms with Crippen LogP contribution in [0.3, 0.4) is 0 Å². The van der Waals surface area contributed by atoms with E-state index in [0.717, 1.165) is 31.9 Å². The molecule has 0 aliphatic carbocycles. The third-order valence-corrected chi connectivity index (χ3v) is 2.89. The van der Waals surface area contributed by atoms with Crippen LogP contribution in [-0.4, -0.2) is 38.7 Å². The fourth-order valence-electron chi connectivity index (χ4n) is 1.87. The van der Waals surface area contributed by atoms with Gasteiger partial charge in [-0.25, -0.2) is 0 Å². The molecule has 1 rings (SSSR count). The smallest absolute Gasteiger partial charge is 0.119 e. The number of rotatable bonds is 8. The van der Waals surface area contributed by atoms with Gasteiger partial charge >= 0.3 is 0 Å². The molecule has 0 aliphatic heterocycles. The minimum Gasteiger partial charge on any atom is -0.494 e. The summed E-state index contributed by atoms with van der Waals surface area (Å²) in [4.78, 5) is 2.17. The van der Waals surface area contributed by atoms with Gasteiger partial charge in [-0.2, -0.15) is 0 Å². The average Bonchev–Trinajstić information content (AvgIpc) is 2.35. The molecule has 0 amide bonds. The van der Waals surface area contributed by atoms with Crippen molar-refractivity contribution in [2.45, 2.75) is 26.3 Å². The molecule has 102 valence electrons. The van der Waals surface area contributed by atoms with Gasteiger partial charge in [-0.05, 0) is 51.7 Å². The largest absolute Gasteiger partial charge is 0.494 e. The molecule has 18 heavy (non-hydrogen) atoms. The van der Waals surface area contributed by atoms with Crippen molar-refractivity contribution in [3.63, 3.8) is 0 Å². The Bertz CT molecular complexity index is 339. The highest BCUT2D eigenvalue weighted by molar-refractivity contribution is 5.30. The molecular weight excluding hydrogens is 224 g/mol. The van der Waals surface area contributed by atoms with Crippen molar-refractivity contribution in [3.8, 4) is 5.75 Å². The molecule has 3 heteroatoms. The number of benzene rings is 1. The summed E-state index contributed by atoms with van der Waals surface area (Å²) in [5.41, 5.74) is 1.28. The first kappa shape index (κ1) is 15.0. The predicted molar refractivity (Wildman–Crippen MR) is 77.2 cm³/mol. The van der Waals surface area contributed by atoms with Crippen LogP contribution in [0.2, 0.25) is 0 Å². The van der Waals surface area contributed by atoms with E-state index in [-0.39, 0.29) is 0 Å². The molecule has 0 aromatic heterocycles. The summed E-state index contributed by atoms with van der Waals surface area (Å²) >= 11 is 0. The second kappa shape index (κ2) is 8.11. The lowest BCUT2D eigenvalue weighted by Gasteiger charge is -2.15. The molecule has 0 bridgehead atoms. The van der Waals surface area contributed by atoms with Crippen molar-refractivity contribution in [3.05, 3.63) is 29.8 Å². The Labute approximate surface area is 111 Å². The average molecular weight is 250 g/mol. The second-order valence-electron chi connectivity index (χ2n) is 4.86. The van der Waals surface area contributed by atoms with Crippen LogP contribution in [0.15, 0.2) is 24.3 Å². The minimum absolute atomic E-state index is 0.375. The SMILES string of the molecule is CCNC(C)c1cccc(OCCCN(C)C)c1. The van der Waals surface area contributed by atoms with Gasteiger partial charge in [0.2, 0.25) is 0 Å². The van der Waals surface area contributed by atoms with E-state index in [1.807, 2.05) is 6.07 Å². The number of hydrogen-bond donors (Lipinski definition) is 1. The number of nitrogens with one attached hydrogen (secondary N) is 1. The lowest BCUT2D eigenvalue weighted by Crippen LogP contribution is -2.17. The van der Waals surface area contributed by atoms with E-state index >= 15 is 0 Å². The highest BCUT2D eigenvalue weighted by atomic mass is 16.5. The zero-order chi connectivity index (χ0) is 13.4. The first-order valence-corrected chi connectivity index (χ1v) is 6.74. The molecule has 0 radical (unpaired) electrons. The molecule has 1 aromatic rings. The molecule has 0 heterocycles. The standard InChI is InChI=1S/C15H26N2O/c1-5-16-13(2)14-8-6-9-15(12-14)18-11-7-10-17(3)4/h6,8-9,12-13,16H,5,7,10-11H2,1-4H3. The van der Waals surface area contributed by atoms with E-state index in [1.54, 1.807) is 0 Å². The van der Waals surface area contributed by atoms with Gasteiger partial charge in [0.25, 0.3) is 0 Å². The van der Waals surface area contributed by atoms with Crippen molar-refractivity contribution in [2.75, 3.05) is 33.8 Å². The van der Waals surface area contributed by atoms with Crippen LogP contribution in [0.4, 0.5) is 0 Å². The number of ether oxygens (including phenoxy) is 1. The molecule has 0 fully saturated rings. The zero-order valence-corrected chi connectivity index (χ0v) is 12.1. The molecular formula is C15H26N2O. The third-order valence-electron chi connectivity index (χ3n) is 2.89. The van der Waals surface area contributed by atoms with Gasteiger partial charge in [-0.15, -0.1) is 0 Å². The van der Waals surface area contributed by atoms with E-state index in [0.29, 0.717) is 6.04 Å². The van der Waals surface area contributed by atoms with Gasteiger partial charge < -0.3 is 15.0 Å². The monoisotopic (exact) mass is 250 g/mol. The predicted octanol–water partition coefficient (Wildman–Crippen LogP) is 2.69. The summed E-state index contributed by atoms with van der Waals surface area (Å²) in [7, 11) is 4.16. The van der Waals surface area contributed by atoms with Gasteiger partial charge in [-0.3, -0.25) is 0 Å². The Hall–Kier alpha value is -1.06. The van der Waals surface area contributed by atoms with Crippen LogP contribution in [0, 0.1) is 0 Å². The summed E-state index contributed by atoms with van der Waals surface area (Å²) in [5.74, 6) is 0.969. The second-order valence-corrected chi connectivity index (χ2v) is 4.86. The highest BCUT2D eigenvalue weighted by Gasteiger charge is 2.04. The third kappa shape index (κ3) is 5.52. The number of nitrogens with zero attached hydrogens (tertiary/aromatic N) is 1. The van der Waals surface area contributed by atoms with Gasteiger partial charge in [0, 0.05) is 12.6 Å². The Morgan fingerprint density at radius 2 is 2.11 bits per heavy atom. The Kier molecular flexibility index (Phi) is 6.76. The van der Waals surface area contributed by atoms with Gasteiger partial charge in [0.15, 0.2) is 0 Å². The van der Waals surface area contributed by atoms with Crippen LogP contribution in [0.25, 0.3) is 0 Å². The van der Waals surface area contributed by atoms with E-state index in [4.69, 9.17) is 4.74 Å². The molecule has 3 nitrogen and oxygen atoms in total. The first-order chi connectivity index (χ1) is 8.63. The van der Waals surface area contributed by atoms with Crippen LogP contribution < -0.4 is 10.1 Å². The van der Waals surface area contributed by atoms with Gasteiger partial charge in [0.1, 0.15) is 5.75 Å². The molecule has 0 saturated carbocycles. The minimum atomic E-state index is 0.375. The number of hydrogen-bond acceptors (Lipinski definition) is 3.